The number of hydrogen-bond acceptors (Lipinski definition) is 2. The lowest BCUT2D eigenvalue weighted by molar-refractivity contribution is 0.590. The Hall–Kier alpha value is -1.61. The summed E-state index contributed by atoms with van der Waals surface area (Å²) in [4.78, 5) is 0. The molecule has 2 rings (SSSR count). The highest BCUT2D eigenvalue weighted by molar-refractivity contribution is 5.40. The highest BCUT2D eigenvalue weighted by atomic mass is 15.3. The van der Waals surface area contributed by atoms with Crippen molar-refractivity contribution < 1.29 is 0 Å². The lowest BCUT2D eigenvalue weighted by Crippen LogP contribution is -2.25. The minimum atomic E-state index is 0.227. The molecule has 2 aromatic rings. The van der Waals surface area contributed by atoms with Gasteiger partial charge in [-0.25, -0.2) is 0 Å². The molecule has 1 aromatic carbocycles. The van der Waals surface area contributed by atoms with E-state index in [9.17, 15) is 0 Å². The van der Waals surface area contributed by atoms with Crippen molar-refractivity contribution in [2.75, 3.05) is 6.54 Å². The largest absolute Gasteiger partial charge is 0.306 e. The predicted molar refractivity (Wildman–Crippen MR) is 84.0 cm³/mol. The number of aromatic nitrogens is 2. The first-order valence-electron chi connectivity index (χ1n) is 7.35. The van der Waals surface area contributed by atoms with Crippen LogP contribution in [0.3, 0.4) is 0 Å². The maximum atomic E-state index is 4.57. The van der Waals surface area contributed by atoms with E-state index in [2.05, 4.69) is 62.4 Å². The van der Waals surface area contributed by atoms with E-state index < -0.39 is 0 Å². The van der Waals surface area contributed by atoms with Gasteiger partial charge in [0.2, 0.25) is 0 Å². The maximum absolute atomic E-state index is 4.57. The van der Waals surface area contributed by atoms with Gasteiger partial charge in [-0.3, -0.25) is 4.68 Å². The van der Waals surface area contributed by atoms with Gasteiger partial charge in [0.25, 0.3) is 0 Å². The van der Waals surface area contributed by atoms with Gasteiger partial charge in [0, 0.05) is 18.3 Å². The Bertz CT molecular complexity index is 584. The number of nitrogens with zero attached hydrogens (tertiary/aromatic N) is 2. The van der Waals surface area contributed by atoms with Gasteiger partial charge in [0.15, 0.2) is 0 Å². The molecule has 0 spiro atoms. The fourth-order valence-electron chi connectivity index (χ4n) is 2.77. The molecule has 0 saturated heterocycles. The lowest BCUT2D eigenvalue weighted by Gasteiger charge is -2.22. The highest BCUT2D eigenvalue weighted by Gasteiger charge is 2.22. The fourth-order valence-corrected chi connectivity index (χ4v) is 2.77. The normalized spacial score (nSPS) is 12.7. The molecule has 0 fully saturated rings. The topological polar surface area (TPSA) is 29.9 Å². The molecular weight excluding hydrogens is 246 g/mol. The molecule has 1 atom stereocenters. The third-order valence-corrected chi connectivity index (χ3v) is 3.95. The Morgan fingerprint density at radius 3 is 2.45 bits per heavy atom. The first-order valence-corrected chi connectivity index (χ1v) is 7.35. The van der Waals surface area contributed by atoms with Crippen molar-refractivity contribution >= 4 is 0 Å². The van der Waals surface area contributed by atoms with Gasteiger partial charge in [0.1, 0.15) is 0 Å². The molecule has 0 aliphatic carbocycles. The first-order chi connectivity index (χ1) is 9.56. The van der Waals surface area contributed by atoms with Crippen molar-refractivity contribution in [1.82, 2.24) is 15.1 Å². The third kappa shape index (κ3) is 2.78. The van der Waals surface area contributed by atoms with Crippen molar-refractivity contribution in [3.63, 3.8) is 0 Å². The molecule has 1 N–H and O–H groups in total. The zero-order valence-electron chi connectivity index (χ0n) is 13.2. The maximum Gasteiger partial charge on any atom is 0.0647 e. The second-order valence-electron chi connectivity index (χ2n) is 5.45. The van der Waals surface area contributed by atoms with Gasteiger partial charge < -0.3 is 5.32 Å². The minimum absolute atomic E-state index is 0.227. The number of rotatable bonds is 5. The van der Waals surface area contributed by atoms with E-state index in [4.69, 9.17) is 0 Å². The zero-order valence-corrected chi connectivity index (χ0v) is 13.2. The molecule has 1 heterocycles. The number of nitrogens with one attached hydrogen (secondary N) is 1. The summed E-state index contributed by atoms with van der Waals surface area (Å²) in [5.41, 5.74) is 6.33. The van der Waals surface area contributed by atoms with E-state index in [1.165, 1.54) is 22.4 Å². The van der Waals surface area contributed by atoms with Gasteiger partial charge in [-0.2, -0.15) is 5.10 Å². The van der Waals surface area contributed by atoms with E-state index in [-0.39, 0.29) is 6.04 Å². The standard InChI is InChI=1S/C17H25N3/c1-6-11-18-17(15-10-8-7-9-12(15)2)16-13(3)19-20(5)14(16)4/h7-10,17-18H,6,11H2,1-5H3. The Balaban J connectivity index is 2.50. The quantitative estimate of drug-likeness (QED) is 0.903. The molecule has 108 valence electrons. The van der Waals surface area contributed by atoms with Crippen LogP contribution in [0.25, 0.3) is 0 Å². The van der Waals surface area contributed by atoms with Gasteiger partial charge in [-0.1, -0.05) is 31.2 Å². The van der Waals surface area contributed by atoms with Crippen LogP contribution in [-0.2, 0) is 7.05 Å². The van der Waals surface area contributed by atoms with Gasteiger partial charge >= 0.3 is 0 Å². The Morgan fingerprint density at radius 2 is 1.90 bits per heavy atom. The second-order valence-corrected chi connectivity index (χ2v) is 5.45. The summed E-state index contributed by atoms with van der Waals surface area (Å²) in [6, 6.07) is 8.83. The first kappa shape index (κ1) is 14.8. The highest BCUT2D eigenvalue weighted by Crippen LogP contribution is 2.29. The number of hydrogen-bond donors (Lipinski definition) is 1. The van der Waals surface area contributed by atoms with Crippen LogP contribution in [0.5, 0.6) is 0 Å². The average molecular weight is 271 g/mol. The van der Waals surface area contributed by atoms with E-state index in [1.54, 1.807) is 0 Å². The summed E-state index contributed by atoms with van der Waals surface area (Å²) in [5, 5.41) is 8.26. The second kappa shape index (κ2) is 6.23. The number of benzene rings is 1. The minimum Gasteiger partial charge on any atom is -0.306 e. The summed E-state index contributed by atoms with van der Waals surface area (Å²) < 4.78 is 1.98. The molecule has 1 unspecified atom stereocenters. The lowest BCUT2D eigenvalue weighted by atomic mass is 9.93. The van der Waals surface area contributed by atoms with Gasteiger partial charge in [0.05, 0.1) is 11.7 Å². The van der Waals surface area contributed by atoms with Crippen LogP contribution in [0.2, 0.25) is 0 Å². The van der Waals surface area contributed by atoms with Crippen LogP contribution < -0.4 is 5.32 Å². The SMILES string of the molecule is CCCNC(c1ccccc1C)c1c(C)nn(C)c1C. The molecule has 3 heteroatoms. The van der Waals surface area contributed by atoms with E-state index in [1.807, 2.05) is 11.7 Å². The third-order valence-electron chi connectivity index (χ3n) is 3.95. The molecule has 0 saturated carbocycles. The van der Waals surface area contributed by atoms with E-state index in [0.717, 1.165) is 18.7 Å². The molecule has 0 amide bonds. The molecule has 0 aliphatic heterocycles. The van der Waals surface area contributed by atoms with Crippen LogP contribution in [0.1, 0.15) is 47.5 Å². The van der Waals surface area contributed by atoms with Crippen LogP contribution in [-0.4, -0.2) is 16.3 Å². The Kier molecular flexibility index (Phi) is 4.61. The van der Waals surface area contributed by atoms with Gasteiger partial charge in [-0.15, -0.1) is 0 Å². The average Bonchev–Trinajstić information content (AvgIpc) is 2.67. The predicted octanol–water partition coefficient (Wildman–Crippen LogP) is 3.43. The molecule has 20 heavy (non-hydrogen) atoms. The van der Waals surface area contributed by atoms with E-state index >= 15 is 0 Å². The zero-order chi connectivity index (χ0) is 14.7. The summed E-state index contributed by atoms with van der Waals surface area (Å²) >= 11 is 0. The molecule has 0 aliphatic rings. The van der Waals surface area contributed by atoms with Crippen molar-refractivity contribution in [2.45, 2.75) is 40.2 Å². The van der Waals surface area contributed by atoms with Gasteiger partial charge in [-0.05, 0) is 44.9 Å². The van der Waals surface area contributed by atoms with Crippen molar-refractivity contribution in [3.05, 3.63) is 52.3 Å². The van der Waals surface area contributed by atoms with Crippen LogP contribution in [0, 0.1) is 20.8 Å². The smallest absolute Gasteiger partial charge is 0.0647 e. The van der Waals surface area contributed by atoms with Crippen molar-refractivity contribution in [3.8, 4) is 0 Å². The Morgan fingerprint density at radius 1 is 1.20 bits per heavy atom. The molecule has 1 aromatic heterocycles. The van der Waals surface area contributed by atoms with Crippen molar-refractivity contribution in [1.29, 1.82) is 0 Å². The van der Waals surface area contributed by atoms with Crippen LogP contribution in [0.15, 0.2) is 24.3 Å². The molecule has 0 radical (unpaired) electrons. The summed E-state index contributed by atoms with van der Waals surface area (Å²) in [6.45, 7) is 9.63. The molecular formula is C17H25N3. The van der Waals surface area contributed by atoms with Crippen molar-refractivity contribution in [2.24, 2.45) is 7.05 Å². The Labute approximate surface area is 122 Å². The fraction of sp³-hybridized carbons (Fsp3) is 0.471. The molecule has 3 nitrogen and oxygen atoms in total. The van der Waals surface area contributed by atoms with Crippen LogP contribution in [0.4, 0.5) is 0 Å². The molecule has 0 bridgehead atoms. The number of aryl methyl sites for hydroxylation is 3. The summed E-state index contributed by atoms with van der Waals surface area (Å²) in [6.07, 6.45) is 1.13. The van der Waals surface area contributed by atoms with Crippen LogP contribution >= 0.6 is 0 Å². The summed E-state index contributed by atoms with van der Waals surface area (Å²) in [5.74, 6) is 0. The summed E-state index contributed by atoms with van der Waals surface area (Å²) in [7, 11) is 2.01. The monoisotopic (exact) mass is 271 g/mol. The van der Waals surface area contributed by atoms with E-state index in [0.29, 0.717) is 0 Å².